The number of nitrogens with zero attached hydrogens (tertiary/aromatic N) is 1. The van der Waals surface area contributed by atoms with Gasteiger partial charge >= 0.3 is 12.1 Å². The number of alkyl carbamates (subject to hydrolysis) is 1. The van der Waals surface area contributed by atoms with Gasteiger partial charge in [-0.25, -0.2) is 9.59 Å². The smallest absolute Gasteiger partial charge is 0.407 e. The minimum Gasteiger partial charge on any atom is -0.496 e. The van der Waals surface area contributed by atoms with Crippen LogP contribution in [0.3, 0.4) is 0 Å². The molecule has 0 spiro atoms. The second kappa shape index (κ2) is 13.5. The second-order valence-electron chi connectivity index (χ2n) is 7.40. The number of nitrogens with one attached hydrogen (secondary N) is 2. The number of amides is 2. The van der Waals surface area contributed by atoms with Crippen molar-refractivity contribution >= 4 is 23.7 Å². The van der Waals surface area contributed by atoms with Gasteiger partial charge in [0, 0.05) is 30.7 Å². The Kier molecular flexibility index (Phi) is 10.4. The van der Waals surface area contributed by atoms with E-state index >= 15 is 0 Å². The number of aliphatic hydroxyl groups is 1. The highest BCUT2D eigenvalue weighted by atomic mass is 16.6. The zero-order chi connectivity index (χ0) is 25.8. The number of hydrogen-bond donors (Lipinski definition) is 3. The molecule has 188 valence electrons. The summed E-state index contributed by atoms with van der Waals surface area (Å²) in [6.07, 6.45) is -2.61. The molecule has 0 heterocycles. The highest BCUT2D eigenvalue weighted by Gasteiger charge is 2.25. The largest absolute Gasteiger partial charge is 0.496 e. The third-order valence-electron chi connectivity index (χ3n) is 4.84. The van der Waals surface area contributed by atoms with Crippen LogP contribution in [0.2, 0.25) is 0 Å². The van der Waals surface area contributed by atoms with Crippen molar-refractivity contribution in [2.75, 3.05) is 20.8 Å². The molecule has 12 heteroatoms. The summed E-state index contributed by atoms with van der Waals surface area (Å²) in [5, 5.41) is 26.0. The topological polar surface area (TPSA) is 166 Å². The average molecular weight is 489 g/mol. The Bertz CT molecular complexity index is 1030. The number of nitro groups is 1. The maximum Gasteiger partial charge on any atom is 0.407 e. The van der Waals surface area contributed by atoms with Gasteiger partial charge in [-0.05, 0) is 11.6 Å². The van der Waals surface area contributed by atoms with Crippen molar-refractivity contribution in [1.82, 2.24) is 10.6 Å². The van der Waals surface area contributed by atoms with Crippen LogP contribution in [0.4, 0.5) is 10.5 Å². The van der Waals surface area contributed by atoms with Gasteiger partial charge in [0.15, 0.2) is 0 Å². The molecule has 3 N–H and O–H groups in total. The van der Waals surface area contributed by atoms with Crippen LogP contribution in [0, 0.1) is 10.1 Å². The molecule has 0 bridgehead atoms. The molecule has 2 atom stereocenters. The Morgan fingerprint density at radius 1 is 1.11 bits per heavy atom. The van der Waals surface area contributed by atoms with Gasteiger partial charge in [-0.2, -0.15) is 0 Å². The lowest BCUT2D eigenvalue weighted by Crippen LogP contribution is -2.45. The normalized spacial score (nSPS) is 12.1. The number of rotatable bonds is 12. The third kappa shape index (κ3) is 8.93. The van der Waals surface area contributed by atoms with Crippen LogP contribution in [0.15, 0.2) is 48.5 Å². The number of nitro benzene ring substituents is 1. The van der Waals surface area contributed by atoms with Crippen molar-refractivity contribution < 1.29 is 38.6 Å². The summed E-state index contributed by atoms with van der Waals surface area (Å²) in [4.78, 5) is 46.9. The lowest BCUT2D eigenvalue weighted by molar-refractivity contribution is -0.384. The number of aliphatic hydroxyl groups excluding tert-OH is 1. The summed E-state index contributed by atoms with van der Waals surface area (Å²) in [6, 6.07) is 11.7. The minimum atomic E-state index is -1.26. The van der Waals surface area contributed by atoms with Crippen LogP contribution in [-0.4, -0.2) is 60.9 Å². The number of benzene rings is 2. The van der Waals surface area contributed by atoms with Gasteiger partial charge in [0.1, 0.15) is 18.4 Å². The van der Waals surface area contributed by atoms with Crippen molar-refractivity contribution in [2.24, 2.45) is 0 Å². The van der Waals surface area contributed by atoms with Gasteiger partial charge in [-0.1, -0.05) is 30.3 Å². The summed E-state index contributed by atoms with van der Waals surface area (Å²) in [5.41, 5.74) is 0.883. The Labute approximate surface area is 201 Å². The number of hydrogen-bond acceptors (Lipinski definition) is 9. The first-order valence-corrected chi connectivity index (χ1v) is 10.5. The number of carbonyl (C=O) groups excluding carboxylic acids is 3. The first-order chi connectivity index (χ1) is 16.7. The molecule has 0 unspecified atom stereocenters. The molecule has 0 aliphatic carbocycles. The molecule has 0 radical (unpaired) electrons. The van der Waals surface area contributed by atoms with E-state index in [1.165, 1.54) is 25.3 Å². The maximum atomic E-state index is 12.4. The fraction of sp³-hybridized carbons (Fsp3) is 0.348. The summed E-state index contributed by atoms with van der Waals surface area (Å²) >= 11 is 0. The van der Waals surface area contributed by atoms with E-state index in [4.69, 9.17) is 14.2 Å². The highest BCUT2D eigenvalue weighted by molar-refractivity contribution is 5.85. The van der Waals surface area contributed by atoms with Gasteiger partial charge in [-0.15, -0.1) is 0 Å². The Morgan fingerprint density at radius 3 is 2.46 bits per heavy atom. The van der Waals surface area contributed by atoms with Gasteiger partial charge in [0.2, 0.25) is 5.91 Å². The van der Waals surface area contributed by atoms with Crippen molar-refractivity contribution in [3.63, 3.8) is 0 Å². The van der Waals surface area contributed by atoms with Crippen molar-refractivity contribution in [3.05, 3.63) is 69.8 Å². The lowest BCUT2D eigenvalue weighted by atomic mass is 10.0. The lowest BCUT2D eigenvalue weighted by Gasteiger charge is -2.19. The molecule has 12 nitrogen and oxygen atoms in total. The van der Waals surface area contributed by atoms with Crippen LogP contribution in [0.25, 0.3) is 0 Å². The van der Waals surface area contributed by atoms with E-state index < -0.39 is 41.5 Å². The van der Waals surface area contributed by atoms with Crippen LogP contribution in [0.1, 0.15) is 17.5 Å². The van der Waals surface area contributed by atoms with E-state index in [0.717, 1.165) is 12.7 Å². The molecule has 35 heavy (non-hydrogen) atoms. The second-order valence-corrected chi connectivity index (χ2v) is 7.40. The molecule has 0 fully saturated rings. The minimum absolute atomic E-state index is 0.0468. The Morgan fingerprint density at radius 2 is 1.83 bits per heavy atom. The summed E-state index contributed by atoms with van der Waals surface area (Å²) in [7, 11) is 2.50. The van der Waals surface area contributed by atoms with Gasteiger partial charge < -0.3 is 30.0 Å². The van der Waals surface area contributed by atoms with Crippen LogP contribution < -0.4 is 15.4 Å². The SMILES string of the molecule is COC(=O)[C@H](Cc1cc([N+](=O)[O-])ccc1OC)NC(=O)C[C@@H](O)CNC(=O)OCc1ccccc1. The molecule has 0 aliphatic heterocycles. The first-order valence-electron chi connectivity index (χ1n) is 10.5. The van der Waals surface area contributed by atoms with Gasteiger partial charge in [0.25, 0.3) is 5.69 Å². The average Bonchev–Trinajstić information content (AvgIpc) is 2.85. The number of methoxy groups -OCH3 is 2. The Hall–Kier alpha value is -4.19. The molecule has 0 saturated heterocycles. The number of esters is 1. The number of ether oxygens (including phenoxy) is 3. The van der Waals surface area contributed by atoms with Crippen molar-refractivity contribution in [1.29, 1.82) is 0 Å². The molecule has 0 aromatic heterocycles. The van der Waals surface area contributed by atoms with E-state index in [2.05, 4.69) is 10.6 Å². The van der Waals surface area contributed by atoms with E-state index in [-0.39, 0.29) is 31.0 Å². The number of non-ortho nitro benzene ring substituents is 1. The van der Waals surface area contributed by atoms with E-state index in [9.17, 15) is 29.6 Å². The quantitative estimate of drug-likeness (QED) is 0.227. The first kappa shape index (κ1) is 27.1. The standard InChI is InChI=1S/C23H27N3O9/c1-33-20-9-8-17(26(31)32)10-16(20)11-19(22(29)34-2)25-21(28)12-18(27)13-24-23(30)35-14-15-6-4-3-5-7-15/h3-10,18-19,27H,11-14H2,1-2H3,(H,24,30)(H,25,28)/t18-,19+/m1/s1. The van der Waals surface area contributed by atoms with Crippen LogP contribution >= 0.6 is 0 Å². The molecule has 2 amide bonds. The molecular weight excluding hydrogens is 462 g/mol. The Balaban J connectivity index is 1.90. The summed E-state index contributed by atoms with van der Waals surface area (Å²) in [6.45, 7) is -0.214. The zero-order valence-electron chi connectivity index (χ0n) is 19.3. The van der Waals surface area contributed by atoms with Crippen molar-refractivity contribution in [2.45, 2.75) is 31.6 Å². The third-order valence-corrected chi connectivity index (χ3v) is 4.84. The maximum absolute atomic E-state index is 12.4. The van der Waals surface area contributed by atoms with Crippen LogP contribution in [0.5, 0.6) is 5.75 Å². The summed E-state index contributed by atoms with van der Waals surface area (Å²) < 4.78 is 14.9. The van der Waals surface area contributed by atoms with E-state index in [1.54, 1.807) is 24.3 Å². The predicted octanol–water partition coefficient (Wildman–Crippen LogP) is 1.48. The molecule has 0 aliphatic rings. The predicted molar refractivity (Wildman–Crippen MR) is 123 cm³/mol. The molecule has 2 rings (SSSR count). The molecule has 0 saturated carbocycles. The van der Waals surface area contributed by atoms with E-state index in [1.807, 2.05) is 6.07 Å². The number of carbonyl (C=O) groups is 3. The van der Waals surface area contributed by atoms with Crippen molar-refractivity contribution in [3.8, 4) is 5.75 Å². The molecule has 2 aromatic rings. The van der Waals surface area contributed by atoms with E-state index in [0.29, 0.717) is 5.56 Å². The molecule has 2 aromatic carbocycles. The fourth-order valence-electron chi connectivity index (χ4n) is 3.11. The zero-order valence-corrected chi connectivity index (χ0v) is 19.3. The molecular formula is C23H27N3O9. The monoisotopic (exact) mass is 489 g/mol. The van der Waals surface area contributed by atoms with Crippen LogP contribution in [-0.2, 0) is 32.1 Å². The van der Waals surface area contributed by atoms with Gasteiger partial charge in [-0.3, -0.25) is 14.9 Å². The fourth-order valence-corrected chi connectivity index (χ4v) is 3.11. The summed E-state index contributed by atoms with van der Waals surface area (Å²) in [5.74, 6) is -1.20. The highest BCUT2D eigenvalue weighted by Crippen LogP contribution is 2.25. The van der Waals surface area contributed by atoms with Gasteiger partial charge in [0.05, 0.1) is 31.7 Å².